The van der Waals surface area contributed by atoms with Gasteiger partial charge in [-0.3, -0.25) is 4.79 Å². The van der Waals surface area contributed by atoms with Crippen molar-refractivity contribution in [1.82, 2.24) is 5.32 Å². The van der Waals surface area contributed by atoms with E-state index < -0.39 is 0 Å². The molecule has 1 aliphatic heterocycles. The first-order chi connectivity index (χ1) is 3.80. The van der Waals surface area contributed by atoms with Gasteiger partial charge < -0.3 is 5.32 Å². The molecule has 0 aromatic rings. The molecule has 2 nitrogen and oxygen atoms in total. The lowest BCUT2D eigenvalue weighted by Gasteiger charge is -2.16. The quantitative estimate of drug-likeness (QED) is 0.481. The lowest BCUT2D eigenvalue weighted by atomic mass is 10.0. The van der Waals surface area contributed by atoms with Crippen molar-refractivity contribution in [3.05, 3.63) is 6.92 Å². The maximum Gasteiger partial charge on any atom is 0.223 e. The van der Waals surface area contributed by atoms with Crippen molar-refractivity contribution < 1.29 is 4.79 Å². The highest BCUT2D eigenvalue weighted by Crippen LogP contribution is 2.07. The van der Waals surface area contributed by atoms with Crippen molar-refractivity contribution in [2.24, 2.45) is 5.92 Å². The van der Waals surface area contributed by atoms with Crippen LogP contribution in [0.4, 0.5) is 0 Å². The van der Waals surface area contributed by atoms with Crippen LogP contribution in [0.3, 0.4) is 0 Å². The minimum absolute atomic E-state index is 0.00347. The molecule has 2 heteroatoms. The fourth-order valence-corrected chi connectivity index (χ4v) is 0.835. The summed E-state index contributed by atoms with van der Waals surface area (Å²) in [4.78, 5) is 10.6. The second kappa shape index (κ2) is 2.16. The molecular weight excluding hydrogens is 102 g/mol. The Labute approximate surface area is 49.3 Å². The normalized spacial score (nSPS) is 29.6. The molecule has 1 unspecified atom stereocenters. The van der Waals surface area contributed by atoms with Gasteiger partial charge >= 0.3 is 0 Å². The molecule has 0 saturated carbocycles. The van der Waals surface area contributed by atoms with Gasteiger partial charge in [-0.25, -0.2) is 0 Å². The van der Waals surface area contributed by atoms with Gasteiger partial charge in [0.15, 0.2) is 0 Å². The summed E-state index contributed by atoms with van der Waals surface area (Å²) in [6.45, 7) is 4.50. The average molecular weight is 112 g/mol. The van der Waals surface area contributed by atoms with Crippen LogP contribution in [0.2, 0.25) is 0 Å². The van der Waals surface area contributed by atoms with E-state index in [4.69, 9.17) is 0 Å². The van der Waals surface area contributed by atoms with E-state index in [1.165, 1.54) is 0 Å². The van der Waals surface area contributed by atoms with Crippen LogP contribution >= 0.6 is 0 Å². The SMILES string of the molecule is [CH2]C1CCCNC1=O. The average Bonchev–Trinajstić information content (AvgIpc) is 1.77. The number of amides is 1. The van der Waals surface area contributed by atoms with Gasteiger partial charge in [0.1, 0.15) is 0 Å². The molecule has 8 heavy (non-hydrogen) atoms. The lowest BCUT2D eigenvalue weighted by Crippen LogP contribution is -2.34. The zero-order valence-electron chi connectivity index (χ0n) is 4.81. The predicted molar refractivity (Wildman–Crippen MR) is 31.1 cm³/mol. The van der Waals surface area contributed by atoms with E-state index in [1.54, 1.807) is 0 Å². The highest BCUT2D eigenvalue weighted by molar-refractivity contribution is 5.79. The Hall–Kier alpha value is -0.530. The molecule has 1 atom stereocenters. The van der Waals surface area contributed by atoms with Gasteiger partial charge in [-0.05, 0) is 19.8 Å². The number of nitrogens with one attached hydrogen (secondary N) is 1. The van der Waals surface area contributed by atoms with Crippen LogP contribution in [-0.2, 0) is 4.79 Å². The van der Waals surface area contributed by atoms with Crippen LogP contribution in [0.15, 0.2) is 0 Å². The summed E-state index contributed by atoms with van der Waals surface area (Å²) in [5.41, 5.74) is 0. The van der Waals surface area contributed by atoms with E-state index in [-0.39, 0.29) is 11.8 Å². The maximum atomic E-state index is 10.6. The first-order valence-corrected chi connectivity index (χ1v) is 2.91. The molecule has 1 radical (unpaired) electrons. The van der Waals surface area contributed by atoms with Crippen molar-refractivity contribution in [3.63, 3.8) is 0 Å². The van der Waals surface area contributed by atoms with Gasteiger partial charge in [0.25, 0.3) is 0 Å². The summed E-state index contributed by atoms with van der Waals surface area (Å²) in [5.74, 6) is 0.111. The number of carbonyl (C=O) groups excluding carboxylic acids is 1. The number of carbonyl (C=O) groups is 1. The van der Waals surface area contributed by atoms with Crippen molar-refractivity contribution in [1.29, 1.82) is 0 Å². The van der Waals surface area contributed by atoms with Crippen LogP contribution < -0.4 is 5.32 Å². The van der Waals surface area contributed by atoms with E-state index in [9.17, 15) is 4.79 Å². The maximum absolute atomic E-state index is 10.6. The first kappa shape index (κ1) is 5.60. The molecular formula is C6H10NO. The second-order valence-electron chi connectivity index (χ2n) is 2.13. The number of hydrogen-bond acceptors (Lipinski definition) is 1. The monoisotopic (exact) mass is 112 g/mol. The molecule has 1 heterocycles. The zero-order chi connectivity index (χ0) is 5.98. The minimum atomic E-state index is 0.00347. The predicted octanol–water partition coefficient (Wildman–Crippen LogP) is 0.347. The Morgan fingerprint density at radius 2 is 2.50 bits per heavy atom. The van der Waals surface area contributed by atoms with E-state index in [0.717, 1.165) is 19.4 Å². The molecule has 0 bridgehead atoms. The topological polar surface area (TPSA) is 29.1 Å². The van der Waals surface area contributed by atoms with Gasteiger partial charge in [-0.15, -0.1) is 0 Å². The smallest absolute Gasteiger partial charge is 0.223 e. The fraction of sp³-hybridized carbons (Fsp3) is 0.667. The Kier molecular flexibility index (Phi) is 1.51. The van der Waals surface area contributed by atoms with Crippen molar-refractivity contribution in [2.75, 3.05) is 6.54 Å². The van der Waals surface area contributed by atoms with Gasteiger partial charge in [0, 0.05) is 12.5 Å². The first-order valence-electron chi connectivity index (χ1n) is 2.91. The van der Waals surface area contributed by atoms with Gasteiger partial charge in [0.2, 0.25) is 5.91 Å². The second-order valence-corrected chi connectivity index (χ2v) is 2.13. The third-order valence-electron chi connectivity index (χ3n) is 1.40. The summed E-state index contributed by atoms with van der Waals surface area (Å²) in [6.07, 6.45) is 2.03. The van der Waals surface area contributed by atoms with Crippen molar-refractivity contribution in [2.45, 2.75) is 12.8 Å². The summed E-state index contributed by atoms with van der Waals surface area (Å²) in [7, 11) is 0. The number of piperidine rings is 1. The fourth-order valence-electron chi connectivity index (χ4n) is 0.835. The molecule has 0 aromatic heterocycles. The van der Waals surface area contributed by atoms with Crippen LogP contribution in [-0.4, -0.2) is 12.5 Å². The van der Waals surface area contributed by atoms with Gasteiger partial charge in [-0.1, -0.05) is 0 Å². The molecule has 1 saturated heterocycles. The largest absolute Gasteiger partial charge is 0.356 e. The highest BCUT2D eigenvalue weighted by Gasteiger charge is 2.15. The minimum Gasteiger partial charge on any atom is -0.356 e. The summed E-state index contributed by atoms with van der Waals surface area (Å²) < 4.78 is 0. The molecule has 1 rings (SSSR count). The van der Waals surface area contributed by atoms with Crippen LogP contribution in [0, 0.1) is 12.8 Å². The number of rotatable bonds is 0. The molecule has 45 valence electrons. The molecule has 0 spiro atoms. The Morgan fingerprint density at radius 3 is 2.88 bits per heavy atom. The molecule has 1 N–H and O–H groups in total. The highest BCUT2D eigenvalue weighted by atomic mass is 16.1. The van der Waals surface area contributed by atoms with Crippen LogP contribution in [0.25, 0.3) is 0 Å². The molecule has 0 aromatic carbocycles. The molecule has 1 aliphatic rings. The van der Waals surface area contributed by atoms with E-state index >= 15 is 0 Å². The van der Waals surface area contributed by atoms with Crippen LogP contribution in [0.5, 0.6) is 0 Å². The molecule has 0 aliphatic carbocycles. The zero-order valence-corrected chi connectivity index (χ0v) is 4.81. The Morgan fingerprint density at radius 1 is 1.75 bits per heavy atom. The summed E-state index contributed by atoms with van der Waals surface area (Å²) in [5, 5.41) is 2.73. The standard InChI is InChI=1S/C6H10NO/c1-5-3-2-4-7-6(5)8/h5H,1-4H2,(H,7,8). The third-order valence-corrected chi connectivity index (χ3v) is 1.40. The van der Waals surface area contributed by atoms with Crippen molar-refractivity contribution >= 4 is 5.91 Å². The summed E-state index contributed by atoms with van der Waals surface area (Å²) >= 11 is 0. The summed E-state index contributed by atoms with van der Waals surface area (Å²) in [6, 6.07) is 0. The number of hydrogen-bond donors (Lipinski definition) is 1. The van der Waals surface area contributed by atoms with Gasteiger partial charge in [-0.2, -0.15) is 0 Å². The lowest BCUT2D eigenvalue weighted by molar-refractivity contribution is -0.125. The van der Waals surface area contributed by atoms with E-state index in [0.29, 0.717) is 0 Å². The molecule has 1 amide bonds. The van der Waals surface area contributed by atoms with Crippen molar-refractivity contribution in [3.8, 4) is 0 Å². The third kappa shape index (κ3) is 0.997. The molecule has 1 fully saturated rings. The van der Waals surface area contributed by atoms with Crippen LogP contribution in [0.1, 0.15) is 12.8 Å². The van der Waals surface area contributed by atoms with Gasteiger partial charge in [0.05, 0.1) is 0 Å². The van der Waals surface area contributed by atoms with E-state index in [2.05, 4.69) is 12.2 Å². The Bertz CT molecular complexity index is 101. The van der Waals surface area contributed by atoms with E-state index in [1.807, 2.05) is 0 Å². The Balaban J connectivity index is 2.39.